The van der Waals surface area contributed by atoms with Crippen LogP contribution < -0.4 is 0 Å². The van der Waals surface area contributed by atoms with E-state index in [2.05, 4.69) is 0 Å². The third-order valence-electron chi connectivity index (χ3n) is 4.57. The number of carbonyl (C=O) groups excluding carboxylic acids is 2. The lowest BCUT2D eigenvalue weighted by atomic mass is 10.00. The predicted octanol–water partition coefficient (Wildman–Crippen LogP) is 2.52. The fourth-order valence-corrected chi connectivity index (χ4v) is 3.20. The minimum atomic E-state index is -0.969. The molecule has 0 radical (unpaired) electrons. The van der Waals surface area contributed by atoms with Crippen LogP contribution in [0.2, 0.25) is 0 Å². The molecule has 1 N–H and O–H groups in total. The number of hydrogen-bond donors (Lipinski definition) is 1. The van der Waals surface area contributed by atoms with E-state index >= 15 is 0 Å². The zero-order valence-corrected chi connectivity index (χ0v) is 14.9. The standard InChI is InChI=1S/C19H26N2O4/c1-3-6-17(22)21-12-5-4-7-16(21)18(23)20(2)13-14-8-10-15(11-9-14)19(24)25/h8-11,16H,3-7,12-13H2,1-2H3,(H,24,25). The first kappa shape index (κ1) is 19.0. The number of rotatable bonds is 6. The Labute approximate surface area is 148 Å². The predicted molar refractivity (Wildman–Crippen MR) is 94.1 cm³/mol. The lowest BCUT2D eigenvalue weighted by Gasteiger charge is -2.37. The monoisotopic (exact) mass is 346 g/mol. The second-order valence-corrected chi connectivity index (χ2v) is 6.55. The molecule has 2 amide bonds. The molecule has 1 heterocycles. The second-order valence-electron chi connectivity index (χ2n) is 6.55. The number of hydrogen-bond acceptors (Lipinski definition) is 3. The maximum Gasteiger partial charge on any atom is 0.335 e. The first-order chi connectivity index (χ1) is 11.9. The van der Waals surface area contributed by atoms with Gasteiger partial charge in [-0.25, -0.2) is 4.79 Å². The average Bonchev–Trinajstić information content (AvgIpc) is 2.61. The summed E-state index contributed by atoms with van der Waals surface area (Å²) in [6.07, 6.45) is 3.86. The van der Waals surface area contributed by atoms with Gasteiger partial charge in [-0.3, -0.25) is 9.59 Å². The molecule has 2 rings (SSSR count). The Bertz CT molecular complexity index is 627. The van der Waals surface area contributed by atoms with Gasteiger partial charge in [0, 0.05) is 26.6 Å². The van der Waals surface area contributed by atoms with Gasteiger partial charge in [-0.1, -0.05) is 19.1 Å². The van der Waals surface area contributed by atoms with Crippen LogP contribution in [0.15, 0.2) is 24.3 Å². The number of aromatic carboxylic acids is 1. The molecule has 6 nitrogen and oxygen atoms in total. The van der Waals surface area contributed by atoms with Crippen LogP contribution in [0.5, 0.6) is 0 Å². The molecule has 1 unspecified atom stereocenters. The molecule has 1 atom stereocenters. The lowest BCUT2D eigenvalue weighted by molar-refractivity contribution is -0.147. The van der Waals surface area contributed by atoms with Crippen LogP contribution >= 0.6 is 0 Å². The number of piperidine rings is 1. The summed E-state index contributed by atoms with van der Waals surface area (Å²) in [6, 6.07) is 6.12. The maximum absolute atomic E-state index is 12.8. The van der Waals surface area contributed by atoms with Crippen molar-refractivity contribution in [1.82, 2.24) is 9.80 Å². The van der Waals surface area contributed by atoms with Gasteiger partial charge in [0.2, 0.25) is 11.8 Å². The van der Waals surface area contributed by atoms with Crippen LogP contribution in [-0.4, -0.2) is 52.3 Å². The number of benzene rings is 1. The number of carboxylic acids is 1. The van der Waals surface area contributed by atoms with E-state index in [1.54, 1.807) is 29.0 Å². The Kier molecular flexibility index (Phi) is 6.56. The number of nitrogens with zero attached hydrogens (tertiary/aromatic N) is 2. The fourth-order valence-electron chi connectivity index (χ4n) is 3.20. The SMILES string of the molecule is CCCC(=O)N1CCCCC1C(=O)N(C)Cc1ccc(C(=O)O)cc1. The quantitative estimate of drug-likeness (QED) is 0.858. The lowest BCUT2D eigenvalue weighted by Crippen LogP contribution is -2.52. The number of likely N-dealkylation sites (N-methyl/N-ethyl adjacent to an activating group) is 1. The molecule has 1 fully saturated rings. The van der Waals surface area contributed by atoms with Crippen LogP contribution in [0.25, 0.3) is 0 Å². The molecular weight excluding hydrogens is 320 g/mol. The van der Waals surface area contributed by atoms with E-state index in [9.17, 15) is 14.4 Å². The van der Waals surface area contributed by atoms with Crippen molar-refractivity contribution < 1.29 is 19.5 Å². The zero-order chi connectivity index (χ0) is 18.4. The third-order valence-corrected chi connectivity index (χ3v) is 4.57. The maximum atomic E-state index is 12.8. The smallest absolute Gasteiger partial charge is 0.335 e. The minimum absolute atomic E-state index is 0.0496. The Hall–Kier alpha value is -2.37. The number of amides is 2. The molecule has 1 aromatic rings. The van der Waals surface area contributed by atoms with E-state index < -0.39 is 5.97 Å². The second kappa shape index (κ2) is 8.65. The van der Waals surface area contributed by atoms with Crippen molar-refractivity contribution >= 4 is 17.8 Å². The average molecular weight is 346 g/mol. The first-order valence-electron chi connectivity index (χ1n) is 8.80. The molecule has 6 heteroatoms. The molecule has 1 saturated heterocycles. The van der Waals surface area contributed by atoms with Gasteiger partial charge < -0.3 is 14.9 Å². The normalized spacial score (nSPS) is 17.2. The van der Waals surface area contributed by atoms with Crippen LogP contribution in [0, 0.1) is 0 Å². The van der Waals surface area contributed by atoms with E-state index in [1.165, 1.54) is 12.1 Å². The summed E-state index contributed by atoms with van der Waals surface area (Å²) in [5.74, 6) is -0.963. The molecule has 1 aliphatic rings. The number of carboxylic acid groups (broad SMARTS) is 1. The molecular formula is C19H26N2O4. The van der Waals surface area contributed by atoms with Crippen LogP contribution in [-0.2, 0) is 16.1 Å². The van der Waals surface area contributed by atoms with E-state index in [4.69, 9.17) is 5.11 Å². The Balaban J connectivity index is 2.04. The highest BCUT2D eigenvalue weighted by Crippen LogP contribution is 2.21. The van der Waals surface area contributed by atoms with Gasteiger partial charge in [0.1, 0.15) is 6.04 Å². The van der Waals surface area contributed by atoms with E-state index in [1.807, 2.05) is 6.92 Å². The molecule has 25 heavy (non-hydrogen) atoms. The van der Waals surface area contributed by atoms with Crippen molar-refractivity contribution in [2.45, 2.75) is 51.6 Å². The summed E-state index contributed by atoms with van der Waals surface area (Å²) in [5, 5.41) is 8.94. The van der Waals surface area contributed by atoms with Crippen molar-refractivity contribution in [2.24, 2.45) is 0 Å². The summed E-state index contributed by atoms with van der Waals surface area (Å²) in [7, 11) is 1.73. The molecule has 0 bridgehead atoms. The van der Waals surface area contributed by atoms with Gasteiger partial charge in [0.05, 0.1) is 5.56 Å². The molecule has 1 aromatic carbocycles. The zero-order valence-electron chi connectivity index (χ0n) is 14.9. The van der Waals surface area contributed by atoms with Crippen molar-refractivity contribution in [2.75, 3.05) is 13.6 Å². The van der Waals surface area contributed by atoms with E-state index in [0.717, 1.165) is 24.8 Å². The van der Waals surface area contributed by atoms with Crippen LogP contribution in [0.1, 0.15) is 54.9 Å². The Morgan fingerprint density at radius 3 is 2.48 bits per heavy atom. The van der Waals surface area contributed by atoms with Gasteiger partial charge in [0.15, 0.2) is 0 Å². The van der Waals surface area contributed by atoms with Crippen LogP contribution in [0.3, 0.4) is 0 Å². The molecule has 0 aromatic heterocycles. The van der Waals surface area contributed by atoms with Crippen LogP contribution in [0.4, 0.5) is 0 Å². The highest BCUT2D eigenvalue weighted by atomic mass is 16.4. The summed E-state index contributed by atoms with van der Waals surface area (Å²) < 4.78 is 0. The van der Waals surface area contributed by atoms with Gasteiger partial charge in [-0.2, -0.15) is 0 Å². The Morgan fingerprint density at radius 1 is 1.20 bits per heavy atom. The van der Waals surface area contributed by atoms with E-state index in [0.29, 0.717) is 25.9 Å². The minimum Gasteiger partial charge on any atom is -0.478 e. The molecule has 1 aliphatic heterocycles. The number of carbonyl (C=O) groups is 3. The van der Waals surface area contributed by atoms with E-state index in [-0.39, 0.29) is 23.4 Å². The van der Waals surface area contributed by atoms with Gasteiger partial charge in [-0.05, 0) is 43.4 Å². The molecule has 0 aliphatic carbocycles. The Morgan fingerprint density at radius 2 is 1.88 bits per heavy atom. The summed E-state index contributed by atoms with van der Waals surface area (Å²) in [4.78, 5) is 39.4. The van der Waals surface area contributed by atoms with Gasteiger partial charge in [0.25, 0.3) is 0 Å². The first-order valence-corrected chi connectivity index (χ1v) is 8.80. The van der Waals surface area contributed by atoms with Gasteiger partial charge >= 0.3 is 5.97 Å². The highest BCUT2D eigenvalue weighted by Gasteiger charge is 2.33. The van der Waals surface area contributed by atoms with Crippen molar-refractivity contribution in [3.63, 3.8) is 0 Å². The van der Waals surface area contributed by atoms with Crippen molar-refractivity contribution in [3.8, 4) is 0 Å². The molecule has 0 spiro atoms. The van der Waals surface area contributed by atoms with Crippen molar-refractivity contribution in [3.05, 3.63) is 35.4 Å². The third kappa shape index (κ3) is 4.81. The fraction of sp³-hybridized carbons (Fsp3) is 0.526. The molecule has 136 valence electrons. The number of likely N-dealkylation sites (tertiary alicyclic amines) is 1. The summed E-state index contributed by atoms with van der Waals surface area (Å²) in [5.41, 5.74) is 1.09. The topological polar surface area (TPSA) is 77.9 Å². The largest absolute Gasteiger partial charge is 0.478 e. The van der Waals surface area contributed by atoms with Crippen molar-refractivity contribution in [1.29, 1.82) is 0 Å². The highest BCUT2D eigenvalue weighted by molar-refractivity contribution is 5.88. The summed E-state index contributed by atoms with van der Waals surface area (Å²) >= 11 is 0. The van der Waals surface area contributed by atoms with Gasteiger partial charge in [-0.15, -0.1) is 0 Å². The summed E-state index contributed by atoms with van der Waals surface area (Å²) in [6.45, 7) is 3.01. The molecule has 0 saturated carbocycles.